The van der Waals surface area contributed by atoms with E-state index in [9.17, 15) is 4.79 Å². The van der Waals surface area contributed by atoms with Gasteiger partial charge < -0.3 is 0 Å². The van der Waals surface area contributed by atoms with E-state index in [4.69, 9.17) is 0 Å². The Kier molecular flexibility index (Phi) is 4.21. The molecule has 0 saturated heterocycles. The van der Waals surface area contributed by atoms with Gasteiger partial charge in [0.25, 0.3) is 0 Å². The Bertz CT molecular complexity index is 185. The molecular weight excluding hydrogens is 124 g/mol. The summed E-state index contributed by atoms with van der Waals surface area (Å²) >= 11 is 0. The van der Waals surface area contributed by atoms with Crippen LogP contribution in [0.15, 0.2) is 36.5 Å². The van der Waals surface area contributed by atoms with Gasteiger partial charge in [-0.15, -0.1) is 0 Å². The number of carbonyl (C=O) groups is 1. The number of allylic oxidation sites excluding steroid dienone is 5. The molecule has 0 radical (unpaired) electrons. The molecule has 0 amide bonds. The molecule has 0 heterocycles. The molecule has 0 bridgehead atoms. The summed E-state index contributed by atoms with van der Waals surface area (Å²) in [5.41, 5.74) is 1.05. The summed E-state index contributed by atoms with van der Waals surface area (Å²) < 4.78 is 0. The number of carbonyl (C=O) groups excluding carboxylic acids is 1. The zero-order valence-corrected chi connectivity index (χ0v) is 6.42. The monoisotopic (exact) mass is 136 g/mol. The summed E-state index contributed by atoms with van der Waals surface area (Å²) in [5.74, 6) is 0.0631. The van der Waals surface area contributed by atoms with Crippen LogP contribution in [0.1, 0.15) is 13.8 Å². The molecule has 54 valence electrons. The van der Waals surface area contributed by atoms with Crippen molar-refractivity contribution >= 4 is 5.78 Å². The fraction of sp³-hybridized carbons (Fsp3) is 0.222. The molecule has 0 fully saturated rings. The van der Waals surface area contributed by atoms with E-state index in [2.05, 4.69) is 6.58 Å². The van der Waals surface area contributed by atoms with E-state index in [1.165, 1.54) is 13.0 Å². The summed E-state index contributed by atoms with van der Waals surface area (Å²) in [5, 5.41) is 0. The Morgan fingerprint density at radius 2 is 2.00 bits per heavy atom. The predicted octanol–water partition coefficient (Wildman–Crippen LogP) is 2.26. The van der Waals surface area contributed by atoms with Crippen LogP contribution >= 0.6 is 0 Å². The van der Waals surface area contributed by atoms with Crippen molar-refractivity contribution in [3.05, 3.63) is 36.5 Å². The van der Waals surface area contributed by atoms with E-state index >= 15 is 0 Å². The van der Waals surface area contributed by atoms with Crippen LogP contribution in [-0.4, -0.2) is 5.78 Å². The lowest BCUT2D eigenvalue weighted by Gasteiger charge is -1.82. The van der Waals surface area contributed by atoms with Crippen LogP contribution in [0.3, 0.4) is 0 Å². The standard InChI is InChI=1S/C9H12O/c1-4-8(2)6-5-7-9(3)10/h4-7H,1H2,2-3H3/b7-5+,8-6+. The summed E-state index contributed by atoms with van der Waals surface area (Å²) in [4.78, 5) is 10.4. The van der Waals surface area contributed by atoms with E-state index in [1.807, 2.05) is 13.0 Å². The first kappa shape index (κ1) is 8.89. The number of ketones is 1. The van der Waals surface area contributed by atoms with Gasteiger partial charge in [-0.25, -0.2) is 0 Å². The molecule has 0 aliphatic carbocycles. The normalized spacial score (nSPS) is 12.0. The molecule has 1 heteroatoms. The summed E-state index contributed by atoms with van der Waals surface area (Å²) in [6, 6.07) is 0. The molecule has 0 aliphatic rings. The van der Waals surface area contributed by atoms with E-state index in [0.717, 1.165) is 5.57 Å². The van der Waals surface area contributed by atoms with Gasteiger partial charge in [0, 0.05) is 0 Å². The molecule has 0 spiro atoms. The van der Waals surface area contributed by atoms with Gasteiger partial charge in [-0.05, 0) is 19.9 Å². The van der Waals surface area contributed by atoms with Crippen LogP contribution in [0.4, 0.5) is 0 Å². The Labute approximate surface area is 61.8 Å². The number of rotatable bonds is 3. The molecule has 0 aromatic carbocycles. The molecule has 0 rings (SSSR count). The third-order valence-corrected chi connectivity index (χ3v) is 1.01. The first-order valence-corrected chi connectivity index (χ1v) is 3.15. The van der Waals surface area contributed by atoms with E-state index in [1.54, 1.807) is 12.2 Å². The zero-order chi connectivity index (χ0) is 7.98. The van der Waals surface area contributed by atoms with E-state index in [-0.39, 0.29) is 5.78 Å². The highest BCUT2D eigenvalue weighted by molar-refractivity contribution is 5.87. The van der Waals surface area contributed by atoms with Gasteiger partial charge in [-0.2, -0.15) is 0 Å². The van der Waals surface area contributed by atoms with Crippen molar-refractivity contribution < 1.29 is 4.79 Å². The minimum Gasteiger partial charge on any atom is -0.295 e. The van der Waals surface area contributed by atoms with Crippen LogP contribution in [-0.2, 0) is 4.79 Å². The summed E-state index contributed by atoms with van der Waals surface area (Å²) in [6.45, 7) is 7.02. The van der Waals surface area contributed by atoms with Crippen molar-refractivity contribution in [1.29, 1.82) is 0 Å². The fourth-order valence-corrected chi connectivity index (χ4v) is 0.403. The Morgan fingerprint density at radius 1 is 1.40 bits per heavy atom. The van der Waals surface area contributed by atoms with Crippen molar-refractivity contribution in [3.63, 3.8) is 0 Å². The van der Waals surface area contributed by atoms with Crippen molar-refractivity contribution in [2.75, 3.05) is 0 Å². The Hall–Kier alpha value is -1.11. The largest absolute Gasteiger partial charge is 0.295 e. The fourth-order valence-electron chi connectivity index (χ4n) is 0.403. The molecule has 1 nitrogen and oxygen atoms in total. The average molecular weight is 136 g/mol. The highest BCUT2D eigenvalue weighted by Gasteiger charge is 1.78. The minimum atomic E-state index is 0.0631. The van der Waals surface area contributed by atoms with Crippen molar-refractivity contribution in [2.24, 2.45) is 0 Å². The van der Waals surface area contributed by atoms with E-state index < -0.39 is 0 Å². The van der Waals surface area contributed by atoms with Crippen molar-refractivity contribution in [1.82, 2.24) is 0 Å². The lowest BCUT2D eigenvalue weighted by molar-refractivity contribution is -0.112. The SMILES string of the molecule is C=C/C(C)=C/C=C/C(C)=O. The maximum absolute atomic E-state index is 10.4. The van der Waals surface area contributed by atoms with Crippen molar-refractivity contribution in [3.8, 4) is 0 Å². The Morgan fingerprint density at radius 3 is 2.40 bits per heavy atom. The molecule has 0 unspecified atom stereocenters. The summed E-state index contributed by atoms with van der Waals surface area (Å²) in [7, 11) is 0. The Balaban J connectivity index is 3.93. The molecule has 0 saturated carbocycles. The topological polar surface area (TPSA) is 17.1 Å². The molecule has 0 atom stereocenters. The highest BCUT2D eigenvalue weighted by Crippen LogP contribution is 1.92. The van der Waals surface area contributed by atoms with Gasteiger partial charge in [0.1, 0.15) is 0 Å². The van der Waals surface area contributed by atoms with Gasteiger partial charge in [0.15, 0.2) is 5.78 Å². The van der Waals surface area contributed by atoms with Crippen molar-refractivity contribution in [2.45, 2.75) is 13.8 Å². The van der Waals surface area contributed by atoms with Gasteiger partial charge in [-0.3, -0.25) is 4.79 Å². The maximum Gasteiger partial charge on any atom is 0.152 e. The highest BCUT2D eigenvalue weighted by atomic mass is 16.1. The molecule has 0 aromatic heterocycles. The van der Waals surface area contributed by atoms with Gasteiger partial charge >= 0.3 is 0 Å². The smallest absolute Gasteiger partial charge is 0.152 e. The number of hydrogen-bond donors (Lipinski definition) is 0. The second-order valence-corrected chi connectivity index (χ2v) is 2.08. The first-order chi connectivity index (χ1) is 4.66. The van der Waals surface area contributed by atoms with Gasteiger partial charge in [0.05, 0.1) is 0 Å². The minimum absolute atomic E-state index is 0.0631. The third kappa shape index (κ3) is 5.04. The quantitative estimate of drug-likeness (QED) is 0.429. The molecule has 0 aliphatic heterocycles. The second-order valence-electron chi connectivity index (χ2n) is 2.08. The molecule has 10 heavy (non-hydrogen) atoms. The lowest BCUT2D eigenvalue weighted by atomic mass is 10.2. The number of hydrogen-bond acceptors (Lipinski definition) is 1. The molecule has 0 aromatic rings. The third-order valence-electron chi connectivity index (χ3n) is 1.01. The van der Waals surface area contributed by atoms with Gasteiger partial charge in [0.2, 0.25) is 0 Å². The zero-order valence-electron chi connectivity index (χ0n) is 6.42. The van der Waals surface area contributed by atoms with Crippen LogP contribution < -0.4 is 0 Å². The van der Waals surface area contributed by atoms with Crippen LogP contribution in [0.25, 0.3) is 0 Å². The summed E-state index contributed by atoms with van der Waals surface area (Å²) in [6.07, 6.45) is 6.82. The van der Waals surface area contributed by atoms with Crippen LogP contribution in [0.2, 0.25) is 0 Å². The molecule has 0 N–H and O–H groups in total. The van der Waals surface area contributed by atoms with Crippen LogP contribution in [0.5, 0.6) is 0 Å². The van der Waals surface area contributed by atoms with E-state index in [0.29, 0.717) is 0 Å². The lowest BCUT2D eigenvalue weighted by Crippen LogP contribution is -1.77. The first-order valence-electron chi connectivity index (χ1n) is 3.15. The van der Waals surface area contributed by atoms with Crippen LogP contribution in [0, 0.1) is 0 Å². The predicted molar refractivity (Wildman–Crippen MR) is 43.8 cm³/mol. The maximum atomic E-state index is 10.4. The molecular formula is C9H12O. The van der Waals surface area contributed by atoms with Gasteiger partial charge in [-0.1, -0.05) is 30.4 Å². The second kappa shape index (κ2) is 4.74. The average Bonchev–Trinajstić information content (AvgIpc) is 1.87.